The highest BCUT2D eigenvalue weighted by atomic mass is 19.4. The van der Waals surface area contributed by atoms with Gasteiger partial charge in [-0.3, -0.25) is 0 Å². The maximum absolute atomic E-state index is 12.8. The van der Waals surface area contributed by atoms with Crippen molar-refractivity contribution in [2.75, 3.05) is 0 Å². The molecule has 2 aromatic rings. The third kappa shape index (κ3) is 5.40. The molecule has 3 heteroatoms. The van der Waals surface area contributed by atoms with E-state index in [0.29, 0.717) is 0 Å². The van der Waals surface area contributed by atoms with E-state index < -0.39 is 11.7 Å². The summed E-state index contributed by atoms with van der Waals surface area (Å²) in [6.45, 7) is 15.4. The molecule has 0 bridgehead atoms. The van der Waals surface area contributed by atoms with E-state index in [-0.39, 0.29) is 16.2 Å². The molecule has 0 aliphatic heterocycles. The van der Waals surface area contributed by atoms with Gasteiger partial charge >= 0.3 is 6.18 Å². The fourth-order valence-electron chi connectivity index (χ4n) is 3.43. The molecule has 154 valence electrons. The Bertz CT molecular complexity index is 788. The van der Waals surface area contributed by atoms with Gasteiger partial charge in [-0.05, 0) is 57.9 Å². The monoisotopic (exact) mass is 390 g/mol. The van der Waals surface area contributed by atoms with Crippen LogP contribution in [0.5, 0.6) is 0 Å². The molecule has 2 rings (SSSR count). The van der Waals surface area contributed by atoms with Gasteiger partial charge in [-0.15, -0.1) is 0 Å². The van der Waals surface area contributed by atoms with E-state index in [0.717, 1.165) is 18.4 Å². The number of benzene rings is 2. The van der Waals surface area contributed by atoms with E-state index in [1.54, 1.807) is 12.1 Å². The summed E-state index contributed by atoms with van der Waals surface area (Å²) in [7, 11) is 0. The first-order valence-electron chi connectivity index (χ1n) is 9.92. The second kappa shape index (κ2) is 7.57. The van der Waals surface area contributed by atoms with E-state index >= 15 is 0 Å². The van der Waals surface area contributed by atoms with Gasteiger partial charge in [0.05, 0.1) is 5.56 Å². The Morgan fingerprint density at radius 3 is 1.46 bits per heavy atom. The maximum atomic E-state index is 12.8. The molecule has 28 heavy (non-hydrogen) atoms. The second-order valence-corrected chi connectivity index (χ2v) is 10.2. The highest BCUT2D eigenvalue weighted by Gasteiger charge is 2.32. The van der Waals surface area contributed by atoms with Crippen LogP contribution >= 0.6 is 0 Å². The Morgan fingerprint density at radius 2 is 1.00 bits per heavy atom. The molecule has 0 nitrogen and oxygen atoms in total. The van der Waals surface area contributed by atoms with Crippen LogP contribution in [0.1, 0.15) is 83.6 Å². The maximum Gasteiger partial charge on any atom is 0.416 e. The van der Waals surface area contributed by atoms with Crippen LogP contribution in [-0.4, -0.2) is 0 Å². The fraction of sp³-hybridized carbons (Fsp3) is 0.520. The summed E-state index contributed by atoms with van der Waals surface area (Å²) in [6.07, 6.45) is -2.44. The molecule has 0 aliphatic rings. The standard InChI is InChI=1S/C25H33F3/c1-22(2,3)20-9-8-10-21(17-20)24(6,7)16-15-23(4,5)18-11-13-19(14-12-18)25(26,27)28/h8-14,17H,15-16H2,1-7H3. The van der Waals surface area contributed by atoms with Gasteiger partial charge in [-0.2, -0.15) is 13.2 Å². The molecule has 0 saturated heterocycles. The van der Waals surface area contributed by atoms with Crippen molar-refractivity contribution in [1.29, 1.82) is 0 Å². The molecule has 0 N–H and O–H groups in total. The Hall–Kier alpha value is -1.77. The summed E-state index contributed by atoms with van der Waals surface area (Å²) in [5.41, 5.74) is 2.88. The highest BCUT2D eigenvalue weighted by Crippen LogP contribution is 2.38. The van der Waals surface area contributed by atoms with Crippen LogP contribution < -0.4 is 0 Å². The molecule has 0 heterocycles. The molecule has 0 amide bonds. The molecular weight excluding hydrogens is 357 g/mol. The smallest absolute Gasteiger partial charge is 0.166 e. The van der Waals surface area contributed by atoms with Crippen LogP contribution in [0.25, 0.3) is 0 Å². The van der Waals surface area contributed by atoms with Crippen molar-refractivity contribution in [2.45, 2.75) is 83.7 Å². The first-order valence-corrected chi connectivity index (χ1v) is 9.92. The summed E-state index contributed by atoms with van der Waals surface area (Å²) in [4.78, 5) is 0. The van der Waals surface area contributed by atoms with Crippen LogP contribution in [0.2, 0.25) is 0 Å². The minimum atomic E-state index is -4.29. The first kappa shape index (κ1) is 22.5. The Labute approximate surface area is 168 Å². The molecule has 2 aromatic carbocycles. The lowest BCUT2D eigenvalue weighted by molar-refractivity contribution is -0.137. The molecule has 0 unspecified atom stereocenters. The third-order valence-corrected chi connectivity index (χ3v) is 5.88. The van der Waals surface area contributed by atoms with Crippen LogP contribution in [0.3, 0.4) is 0 Å². The van der Waals surface area contributed by atoms with Crippen LogP contribution in [0.15, 0.2) is 48.5 Å². The van der Waals surface area contributed by atoms with Gasteiger partial charge in [-0.1, -0.05) is 84.9 Å². The predicted molar refractivity (Wildman–Crippen MR) is 112 cm³/mol. The van der Waals surface area contributed by atoms with Gasteiger partial charge in [0.2, 0.25) is 0 Å². The van der Waals surface area contributed by atoms with Gasteiger partial charge < -0.3 is 0 Å². The molecule has 0 spiro atoms. The number of halogens is 3. The zero-order valence-corrected chi connectivity index (χ0v) is 18.2. The topological polar surface area (TPSA) is 0 Å². The van der Waals surface area contributed by atoms with Crippen molar-refractivity contribution >= 4 is 0 Å². The Balaban J connectivity index is 2.17. The molecule has 0 radical (unpaired) electrons. The fourth-order valence-corrected chi connectivity index (χ4v) is 3.43. The van der Waals surface area contributed by atoms with E-state index in [4.69, 9.17) is 0 Å². The molecule has 0 saturated carbocycles. The largest absolute Gasteiger partial charge is 0.416 e. The van der Waals surface area contributed by atoms with E-state index in [1.165, 1.54) is 23.3 Å². The van der Waals surface area contributed by atoms with Gasteiger partial charge in [0.25, 0.3) is 0 Å². The number of alkyl halides is 3. The van der Waals surface area contributed by atoms with Gasteiger partial charge in [0.15, 0.2) is 0 Å². The third-order valence-electron chi connectivity index (χ3n) is 5.88. The average Bonchev–Trinajstić information content (AvgIpc) is 2.59. The van der Waals surface area contributed by atoms with Gasteiger partial charge in [0.1, 0.15) is 0 Å². The number of rotatable bonds is 5. The molecule has 0 aromatic heterocycles. The van der Waals surface area contributed by atoms with Crippen LogP contribution in [0.4, 0.5) is 13.2 Å². The van der Waals surface area contributed by atoms with Crippen molar-refractivity contribution in [3.63, 3.8) is 0 Å². The predicted octanol–water partition coefficient (Wildman–Crippen LogP) is 8.04. The van der Waals surface area contributed by atoms with Crippen LogP contribution in [-0.2, 0) is 22.4 Å². The molecule has 0 atom stereocenters. The van der Waals surface area contributed by atoms with E-state index in [9.17, 15) is 13.2 Å². The van der Waals surface area contributed by atoms with Crippen molar-refractivity contribution in [3.05, 3.63) is 70.8 Å². The summed E-state index contributed by atoms with van der Waals surface area (Å²) >= 11 is 0. The minimum absolute atomic E-state index is 0.00948. The number of hydrogen-bond donors (Lipinski definition) is 0. The quantitative estimate of drug-likeness (QED) is 0.484. The van der Waals surface area contributed by atoms with Gasteiger partial charge in [0, 0.05) is 0 Å². The summed E-state index contributed by atoms with van der Waals surface area (Å²) in [6, 6.07) is 14.4. The minimum Gasteiger partial charge on any atom is -0.166 e. The van der Waals surface area contributed by atoms with Crippen molar-refractivity contribution in [3.8, 4) is 0 Å². The Kier molecular flexibility index (Phi) is 6.09. The highest BCUT2D eigenvalue weighted by molar-refractivity contribution is 5.34. The lowest BCUT2D eigenvalue weighted by Crippen LogP contribution is -2.25. The van der Waals surface area contributed by atoms with E-state index in [2.05, 4.69) is 72.7 Å². The summed E-state index contributed by atoms with van der Waals surface area (Å²) in [5.74, 6) is 0. The van der Waals surface area contributed by atoms with Crippen molar-refractivity contribution in [1.82, 2.24) is 0 Å². The zero-order valence-electron chi connectivity index (χ0n) is 18.2. The molecule has 0 aliphatic carbocycles. The van der Waals surface area contributed by atoms with Crippen LogP contribution in [0, 0.1) is 0 Å². The number of hydrogen-bond acceptors (Lipinski definition) is 0. The normalized spacial score (nSPS) is 13.6. The summed E-state index contributed by atoms with van der Waals surface area (Å²) in [5, 5.41) is 0. The summed E-state index contributed by atoms with van der Waals surface area (Å²) < 4.78 is 38.5. The SMILES string of the molecule is CC(C)(C)c1cccc(C(C)(C)CCC(C)(C)c2ccc(C(F)(F)F)cc2)c1. The van der Waals surface area contributed by atoms with Gasteiger partial charge in [-0.25, -0.2) is 0 Å². The zero-order chi connectivity index (χ0) is 21.4. The average molecular weight is 391 g/mol. The van der Waals surface area contributed by atoms with Crippen molar-refractivity contribution < 1.29 is 13.2 Å². The van der Waals surface area contributed by atoms with E-state index in [1.807, 2.05) is 0 Å². The van der Waals surface area contributed by atoms with Crippen molar-refractivity contribution in [2.24, 2.45) is 0 Å². The molecular formula is C25H33F3. The molecule has 0 fully saturated rings. The first-order chi connectivity index (χ1) is 12.6. The lowest BCUT2D eigenvalue weighted by atomic mass is 9.72. The lowest BCUT2D eigenvalue weighted by Gasteiger charge is -2.33. The second-order valence-electron chi connectivity index (χ2n) is 10.2. The Morgan fingerprint density at radius 1 is 0.571 bits per heavy atom.